The zero-order chi connectivity index (χ0) is 15.2. The van der Waals surface area contributed by atoms with Gasteiger partial charge in [-0.1, -0.05) is 12.2 Å². The summed E-state index contributed by atoms with van der Waals surface area (Å²) in [4.78, 5) is 6.76. The highest BCUT2D eigenvalue weighted by molar-refractivity contribution is 8.00. The summed E-state index contributed by atoms with van der Waals surface area (Å²) in [5.41, 5.74) is 0.909. The Morgan fingerprint density at radius 1 is 1.18 bits per heavy atom. The van der Waals surface area contributed by atoms with Crippen LogP contribution in [0.1, 0.15) is 24.0 Å². The minimum atomic E-state index is -0.522. The van der Waals surface area contributed by atoms with Crippen LogP contribution < -0.4 is 0 Å². The molecule has 22 heavy (non-hydrogen) atoms. The molecule has 3 atom stereocenters. The van der Waals surface area contributed by atoms with E-state index in [9.17, 15) is 5.26 Å². The smallest absolute Gasteiger partial charge is 0.101 e. The molecule has 2 unspecified atom stereocenters. The molecule has 1 aromatic heterocycles. The monoisotopic (exact) mass is 308 g/mol. The first kappa shape index (κ1) is 13.8. The molecule has 0 aromatic carbocycles. The molecule has 4 rings (SSSR count). The number of nitrogens with zero attached hydrogens (tertiary/aromatic N) is 4. The molecule has 5 heteroatoms. The first-order valence-electron chi connectivity index (χ1n) is 7.56. The molecule has 3 aliphatic heterocycles. The van der Waals surface area contributed by atoms with Gasteiger partial charge in [0.2, 0.25) is 0 Å². The third-order valence-corrected chi connectivity index (χ3v) is 6.35. The average molecular weight is 308 g/mol. The standard InChI is InChI=1S/C17H16N4S/c18-6-12-3-13(8-20-7-12)17(11-19)4-14-1-2-15(5-17)21(14)16-9-22-10-16/h1-3,7-8,14-16H,4-5,9-10H2/t14-,15?,17?/m1/s1. The van der Waals surface area contributed by atoms with Gasteiger partial charge >= 0.3 is 0 Å². The van der Waals surface area contributed by atoms with Gasteiger partial charge in [0.05, 0.1) is 17.0 Å². The number of fused-ring (bicyclic) bond motifs is 2. The van der Waals surface area contributed by atoms with E-state index < -0.39 is 5.41 Å². The van der Waals surface area contributed by atoms with Gasteiger partial charge in [0, 0.05) is 42.0 Å². The van der Waals surface area contributed by atoms with Crippen molar-refractivity contribution in [3.63, 3.8) is 0 Å². The molecule has 2 bridgehead atoms. The number of pyridine rings is 1. The molecule has 1 aromatic rings. The number of nitriles is 2. The maximum atomic E-state index is 9.91. The molecule has 0 aliphatic carbocycles. The Balaban J connectivity index is 1.67. The molecule has 0 N–H and O–H groups in total. The van der Waals surface area contributed by atoms with Crippen molar-refractivity contribution in [2.75, 3.05) is 11.5 Å². The van der Waals surface area contributed by atoms with Crippen LogP contribution in [0.2, 0.25) is 0 Å². The molecule has 0 saturated carbocycles. The zero-order valence-electron chi connectivity index (χ0n) is 12.1. The number of aromatic nitrogens is 1. The van der Waals surface area contributed by atoms with Crippen LogP contribution in [0.3, 0.4) is 0 Å². The molecular weight excluding hydrogens is 292 g/mol. The van der Waals surface area contributed by atoms with E-state index in [0.29, 0.717) is 23.7 Å². The maximum absolute atomic E-state index is 9.91. The first-order valence-corrected chi connectivity index (χ1v) is 8.72. The molecular formula is C17H16N4S. The van der Waals surface area contributed by atoms with Gasteiger partial charge in [-0.05, 0) is 24.5 Å². The van der Waals surface area contributed by atoms with Crippen molar-refractivity contribution in [3.8, 4) is 12.1 Å². The average Bonchev–Trinajstić information content (AvgIpc) is 2.77. The lowest BCUT2D eigenvalue weighted by atomic mass is 9.70. The highest BCUT2D eigenvalue weighted by Gasteiger charge is 2.50. The van der Waals surface area contributed by atoms with Crippen molar-refractivity contribution in [2.24, 2.45) is 0 Å². The number of piperidine rings is 1. The van der Waals surface area contributed by atoms with Crippen molar-refractivity contribution in [2.45, 2.75) is 36.4 Å². The summed E-state index contributed by atoms with van der Waals surface area (Å²) >= 11 is 2.00. The summed E-state index contributed by atoms with van der Waals surface area (Å²) in [7, 11) is 0. The van der Waals surface area contributed by atoms with Crippen LogP contribution in [0, 0.1) is 22.7 Å². The van der Waals surface area contributed by atoms with Crippen LogP contribution in [0.5, 0.6) is 0 Å². The zero-order valence-corrected chi connectivity index (χ0v) is 13.0. The van der Waals surface area contributed by atoms with Crippen LogP contribution in [0.15, 0.2) is 30.6 Å². The summed E-state index contributed by atoms with van der Waals surface area (Å²) in [6, 6.07) is 7.88. The molecule has 2 fully saturated rings. The predicted octanol–water partition coefficient (Wildman–Crippen LogP) is 2.23. The van der Waals surface area contributed by atoms with Crippen molar-refractivity contribution in [1.29, 1.82) is 10.5 Å². The molecule has 0 radical (unpaired) electrons. The molecule has 4 nitrogen and oxygen atoms in total. The van der Waals surface area contributed by atoms with E-state index >= 15 is 0 Å². The first-order chi connectivity index (χ1) is 10.8. The fourth-order valence-electron chi connectivity index (χ4n) is 3.94. The van der Waals surface area contributed by atoms with Crippen molar-refractivity contribution < 1.29 is 0 Å². The van der Waals surface area contributed by atoms with E-state index in [0.717, 1.165) is 18.4 Å². The maximum Gasteiger partial charge on any atom is 0.101 e. The van der Waals surface area contributed by atoms with Crippen LogP contribution >= 0.6 is 11.8 Å². The summed E-state index contributed by atoms with van der Waals surface area (Å²) in [5.74, 6) is 2.42. The minimum absolute atomic E-state index is 0.343. The summed E-state index contributed by atoms with van der Waals surface area (Å²) in [6.45, 7) is 0. The highest BCUT2D eigenvalue weighted by Crippen LogP contribution is 2.46. The lowest BCUT2D eigenvalue weighted by Crippen LogP contribution is -2.57. The molecule has 4 heterocycles. The third kappa shape index (κ3) is 1.97. The Kier molecular flexibility index (Phi) is 3.22. The summed E-state index contributed by atoms with van der Waals surface area (Å²) in [5, 5.41) is 19.0. The van der Waals surface area contributed by atoms with E-state index in [1.165, 1.54) is 11.5 Å². The summed E-state index contributed by atoms with van der Waals surface area (Å²) < 4.78 is 0. The van der Waals surface area contributed by atoms with Gasteiger partial charge < -0.3 is 0 Å². The van der Waals surface area contributed by atoms with Gasteiger partial charge in [-0.15, -0.1) is 0 Å². The Bertz CT molecular complexity index is 694. The van der Waals surface area contributed by atoms with E-state index in [1.807, 2.05) is 17.8 Å². The summed E-state index contributed by atoms with van der Waals surface area (Å²) in [6.07, 6.45) is 9.46. The minimum Gasteiger partial charge on any atom is -0.286 e. The van der Waals surface area contributed by atoms with Gasteiger partial charge in [-0.3, -0.25) is 9.88 Å². The number of rotatable bonds is 2. The van der Waals surface area contributed by atoms with E-state index in [1.54, 1.807) is 12.4 Å². The number of thioether (sulfide) groups is 1. The Morgan fingerprint density at radius 2 is 1.91 bits per heavy atom. The van der Waals surface area contributed by atoms with Gasteiger partial charge in [0.1, 0.15) is 6.07 Å². The lowest BCUT2D eigenvalue weighted by molar-refractivity contribution is 0.0868. The SMILES string of the molecule is N#Cc1cncc(C2(C#N)CC3C=C[C@H](C2)N3C2CSC2)c1. The quantitative estimate of drug-likeness (QED) is 0.784. The fraction of sp³-hybridized carbons (Fsp3) is 0.471. The Hall–Kier alpha value is -1.82. The topological polar surface area (TPSA) is 63.7 Å². The molecule has 0 spiro atoms. The van der Waals surface area contributed by atoms with Gasteiger partial charge in [0.25, 0.3) is 0 Å². The molecule has 0 amide bonds. The second-order valence-electron chi connectivity index (χ2n) is 6.33. The van der Waals surface area contributed by atoms with Gasteiger partial charge in [-0.2, -0.15) is 22.3 Å². The highest BCUT2D eigenvalue weighted by atomic mass is 32.2. The van der Waals surface area contributed by atoms with Crippen LogP contribution in [0.4, 0.5) is 0 Å². The second kappa shape index (κ2) is 5.12. The van der Waals surface area contributed by atoms with Gasteiger partial charge in [-0.25, -0.2) is 0 Å². The lowest BCUT2D eigenvalue weighted by Gasteiger charge is -2.49. The molecule has 110 valence electrons. The third-order valence-electron chi connectivity index (χ3n) is 5.11. The van der Waals surface area contributed by atoms with Crippen LogP contribution in [-0.4, -0.2) is 39.5 Å². The fourth-order valence-corrected chi connectivity index (χ4v) is 4.73. The van der Waals surface area contributed by atoms with E-state index in [4.69, 9.17) is 5.26 Å². The van der Waals surface area contributed by atoms with Gasteiger partial charge in [0.15, 0.2) is 0 Å². The van der Waals surface area contributed by atoms with Crippen molar-refractivity contribution in [1.82, 2.24) is 9.88 Å². The number of hydrogen-bond donors (Lipinski definition) is 0. The van der Waals surface area contributed by atoms with Crippen LogP contribution in [-0.2, 0) is 5.41 Å². The van der Waals surface area contributed by atoms with E-state index in [-0.39, 0.29) is 0 Å². The van der Waals surface area contributed by atoms with E-state index in [2.05, 4.69) is 34.2 Å². The van der Waals surface area contributed by atoms with Crippen molar-refractivity contribution >= 4 is 11.8 Å². The normalized spacial score (nSPS) is 33.9. The van der Waals surface area contributed by atoms with Crippen molar-refractivity contribution in [3.05, 3.63) is 41.7 Å². The second-order valence-corrected chi connectivity index (χ2v) is 7.41. The molecule has 3 aliphatic rings. The Labute approximate surface area is 134 Å². The predicted molar refractivity (Wildman–Crippen MR) is 85.1 cm³/mol. The molecule has 2 saturated heterocycles. The number of hydrogen-bond acceptors (Lipinski definition) is 5. The Morgan fingerprint density at radius 3 is 2.45 bits per heavy atom. The largest absolute Gasteiger partial charge is 0.286 e. The van der Waals surface area contributed by atoms with Crippen LogP contribution in [0.25, 0.3) is 0 Å².